The topological polar surface area (TPSA) is 75.7 Å². The van der Waals surface area contributed by atoms with E-state index < -0.39 is 5.72 Å². The molecule has 2 fully saturated rings. The summed E-state index contributed by atoms with van der Waals surface area (Å²) in [5, 5.41) is 21.2. The molecule has 138 valence electrons. The van der Waals surface area contributed by atoms with Crippen molar-refractivity contribution in [3.8, 4) is 0 Å². The van der Waals surface area contributed by atoms with Crippen LogP contribution in [0.25, 0.3) is 0 Å². The van der Waals surface area contributed by atoms with Crippen LogP contribution in [-0.4, -0.2) is 15.9 Å². The Morgan fingerprint density at radius 1 is 1.32 bits per heavy atom. The van der Waals surface area contributed by atoms with Gasteiger partial charge < -0.3 is 14.9 Å². The van der Waals surface area contributed by atoms with Gasteiger partial charge in [0, 0.05) is 23.8 Å². The van der Waals surface area contributed by atoms with Crippen molar-refractivity contribution in [2.75, 3.05) is 0 Å². The largest absolute Gasteiger partial charge is 0.508 e. The highest BCUT2D eigenvalue weighted by Crippen LogP contribution is 2.70. The van der Waals surface area contributed by atoms with Crippen molar-refractivity contribution in [2.24, 2.45) is 28.9 Å². The Balaban J connectivity index is 2.13. The Labute approximate surface area is 150 Å². The zero-order valence-corrected chi connectivity index (χ0v) is 15.9. The third-order valence-electron chi connectivity index (χ3n) is 6.68. The first-order valence-corrected chi connectivity index (χ1v) is 9.25. The highest BCUT2D eigenvalue weighted by atomic mass is 16.5. The van der Waals surface area contributed by atoms with E-state index in [1.54, 1.807) is 0 Å². The van der Waals surface area contributed by atoms with Gasteiger partial charge in [-0.15, -0.1) is 0 Å². The van der Waals surface area contributed by atoms with Gasteiger partial charge in [0.1, 0.15) is 17.3 Å². The molecule has 1 aliphatic heterocycles. The highest BCUT2D eigenvalue weighted by molar-refractivity contribution is 5.52. The summed E-state index contributed by atoms with van der Waals surface area (Å²) in [5.41, 5.74) is 7.77. The van der Waals surface area contributed by atoms with Gasteiger partial charge in [0.2, 0.25) is 0 Å². The minimum absolute atomic E-state index is 0.0358. The van der Waals surface area contributed by atoms with Gasteiger partial charge in [0.25, 0.3) is 0 Å². The van der Waals surface area contributed by atoms with Crippen LogP contribution in [0.2, 0.25) is 0 Å². The Morgan fingerprint density at radius 3 is 2.52 bits per heavy atom. The van der Waals surface area contributed by atoms with Crippen LogP contribution in [0, 0.1) is 23.2 Å². The first-order chi connectivity index (χ1) is 11.6. The summed E-state index contributed by atoms with van der Waals surface area (Å²) in [6.45, 7) is 16.1. The minimum atomic E-state index is -0.629. The van der Waals surface area contributed by atoms with Crippen molar-refractivity contribution in [1.29, 1.82) is 0 Å². The van der Waals surface area contributed by atoms with Gasteiger partial charge >= 0.3 is 0 Å². The summed E-state index contributed by atoms with van der Waals surface area (Å²) in [7, 11) is 0. The Bertz CT molecular complexity index is 700. The number of aliphatic hydroxyl groups is 2. The molecule has 0 aromatic carbocycles. The Morgan fingerprint density at radius 2 is 1.96 bits per heavy atom. The average Bonchev–Trinajstić information content (AvgIpc) is 2.81. The van der Waals surface area contributed by atoms with E-state index in [1.807, 2.05) is 13.8 Å². The lowest BCUT2D eigenvalue weighted by molar-refractivity contribution is -0.170. The maximum atomic E-state index is 11.1. The Hall–Kier alpha value is -1.68. The average molecular weight is 345 g/mol. The van der Waals surface area contributed by atoms with Gasteiger partial charge in [-0.05, 0) is 36.7 Å². The lowest BCUT2D eigenvalue weighted by Crippen LogP contribution is -2.64. The molecule has 4 heteroatoms. The van der Waals surface area contributed by atoms with Crippen LogP contribution < -0.4 is 5.73 Å². The maximum absolute atomic E-state index is 11.1. The second-order valence-electron chi connectivity index (χ2n) is 8.52. The first-order valence-electron chi connectivity index (χ1n) is 9.25. The molecular formula is C21H31NO3. The van der Waals surface area contributed by atoms with Gasteiger partial charge in [0.05, 0.1) is 5.57 Å². The fourth-order valence-electron chi connectivity index (χ4n) is 5.61. The van der Waals surface area contributed by atoms with Gasteiger partial charge in [0.15, 0.2) is 5.72 Å². The van der Waals surface area contributed by atoms with E-state index in [-0.39, 0.29) is 28.8 Å². The molecule has 3 aliphatic rings. The van der Waals surface area contributed by atoms with Gasteiger partial charge in [-0.25, -0.2) is 0 Å². The molecule has 2 saturated carbocycles. The second kappa shape index (κ2) is 5.66. The van der Waals surface area contributed by atoms with Crippen molar-refractivity contribution in [3.05, 3.63) is 47.2 Å². The third kappa shape index (κ3) is 2.37. The van der Waals surface area contributed by atoms with E-state index in [1.165, 1.54) is 0 Å². The van der Waals surface area contributed by atoms with Crippen molar-refractivity contribution in [1.82, 2.24) is 0 Å². The van der Waals surface area contributed by atoms with Crippen molar-refractivity contribution >= 4 is 0 Å². The van der Waals surface area contributed by atoms with E-state index in [0.717, 1.165) is 24.8 Å². The summed E-state index contributed by atoms with van der Waals surface area (Å²) in [6.07, 6.45) is 3.47. The van der Waals surface area contributed by atoms with Crippen LogP contribution in [0.4, 0.5) is 0 Å². The number of allylic oxidation sites excluding steroid dienone is 3. The number of hydrogen-bond donors (Lipinski definition) is 3. The fraction of sp³-hybridized carbons (Fsp3) is 0.619. The van der Waals surface area contributed by atoms with Crippen LogP contribution in [0.5, 0.6) is 0 Å². The van der Waals surface area contributed by atoms with Gasteiger partial charge in [-0.1, -0.05) is 40.3 Å². The molecule has 2 aliphatic carbocycles. The predicted octanol–water partition coefficient (Wildman–Crippen LogP) is 4.87. The number of aliphatic hydroxyl groups excluding tert-OH is 2. The zero-order valence-electron chi connectivity index (χ0n) is 15.9. The smallest absolute Gasteiger partial charge is 0.161 e. The van der Waals surface area contributed by atoms with E-state index in [0.29, 0.717) is 29.2 Å². The normalized spacial score (nSPS) is 36.1. The quantitative estimate of drug-likeness (QED) is 0.491. The number of nitrogens with two attached hydrogens (primary N) is 1. The summed E-state index contributed by atoms with van der Waals surface area (Å²) in [6, 6.07) is 0. The Kier molecular flexibility index (Phi) is 4.11. The van der Waals surface area contributed by atoms with Crippen LogP contribution in [0.15, 0.2) is 47.2 Å². The van der Waals surface area contributed by atoms with Crippen molar-refractivity contribution in [2.45, 2.75) is 59.1 Å². The van der Waals surface area contributed by atoms with Crippen LogP contribution in [0.3, 0.4) is 0 Å². The maximum Gasteiger partial charge on any atom is 0.161 e. The van der Waals surface area contributed by atoms with Gasteiger partial charge in [-0.2, -0.15) is 0 Å². The highest BCUT2D eigenvalue weighted by Gasteiger charge is 2.70. The number of ether oxygens (including phenoxy) is 1. The van der Waals surface area contributed by atoms with Crippen LogP contribution in [-0.2, 0) is 4.74 Å². The molecule has 0 saturated heterocycles. The molecule has 4 nitrogen and oxygen atoms in total. The second-order valence-corrected chi connectivity index (χ2v) is 8.52. The summed E-state index contributed by atoms with van der Waals surface area (Å²) >= 11 is 0. The fourth-order valence-corrected chi connectivity index (χ4v) is 5.61. The minimum Gasteiger partial charge on any atom is -0.508 e. The molecule has 0 spiro atoms. The van der Waals surface area contributed by atoms with Gasteiger partial charge in [-0.3, -0.25) is 5.73 Å². The number of hydrogen-bond acceptors (Lipinski definition) is 4. The molecule has 0 radical (unpaired) electrons. The van der Waals surface area contributed by atoms with Crippen LogP contribution in [0.1, 0.15) is 53.4 Å². The molecule has 0 amide bonds. The summed E-state index contributed by atoms with van der Waals surface area (Å²) < 4.78 is 6.12. The van der Waals surface area contributed by atoms with Crippen molar-refractivity contribution in [3.63, 3.8) is 0 Å². The first kappa shape index (κ1) is 18.1. The SMILES string of the molecule is C=C(O)/C(C(=C)CCC)=C(\O)C1=C(C)O[C@]2(N)CC[C@@H]3C2[C@@H]1C3(C)C. The molecule has 4 atom stereocenters. The molecule has 0 aromatic rings. The lowest BCUT2D eigenvalue weighted by Gasteiger charge is -2.62. The molecule has 3 rings (SSSR count). The van der Waals surface area contributed by atoms with E-state index in [2.05, 4.69) is 27.0 Å². The van der Waals surface area contributed by atoms with Crippen LogP contribution >= 0.6 is 0 Å². The third-order valence-corrected chi connectivity index (χ3v) is 6.68. The molecule has 1 heterocycles. The van der Waals surface area contributed by atoms with E-state index in [9.17, 15) is 10.2 Å². The predicted molar refractivity (Wildman–Crippen MR) is 99.7 cm³/mol. The zero-order chi connectivity index (χ0) is 18.7. The summed E-state index contributed by atoms with van der Waals surface area (Å²) in [5.74, 6) is 1.36. The van der Waals surface area contributed by atoms with E-state index >= 15 is 0 Å². The molecule has 0 aromatic heterocycles. The standard InChI is InChI=1S/C21H31NO3/c1-7-8-11(2)15(12(3)23)19(24)16-13(4)25-21(22)10-9-14-17(21)18(16)20(14,5)6/h14,17-18,23-24H,2-3,7-10,22H2,1,4-6H3/b19-15-/t14-,17?,18-,21-/m1/s1. The molecule has 0 bridgehead atoms. The van der Waals surface area contributed by atoms with Crippen molar-refractivity contribution < 1.29 is 14.9 Å². The molecule has 25 heavy (non-hydrogen) atoms. The molecule has 1 unspecified atom stereocenters. The summed E-state index contributed by atoms with van der Waals surface area (Å²) in [4.78, 5) is 0. The molecule has 4 N–H and O–H groups in total. The van der Waals surface area contributed by atoms with E-state index in [4.69, 9.17) is 10.5 Å². The number of rotatable bonds is 5. The molecular weight excluding hydrogens is 314 g/mol. The monoisotopic (exact) mass is 345 g/mol. The lowest BCUT2D eigenvalue weighted by atomic mass is 9.45.